The van der Waals surface area contributed by atoms with Gasteiger partial charge in [0.25, 0.3) is 0 Å². The van der Waals surface area contributed by atoms with Crippen LogP contribution in [0.15, 0.2) is 78.4 Å². The van der Waals surface area contributed by atoms with Gasteiger partial charge in [-0.1, -0.05) is 93.9 Å². The highest BCUT2D eigenvalue weighted by Crippen LogP contribution is 2.34. The molecule has 12 heteroatoms. The highest BCUT2D eigenvalue weighted by molar-refractivity contribution is 8.76. The lowest BCUT2D eigenvalue weighted by atomic mass is 9.90. The van der Waals surface area contributed by atoms with Crippen LogP contribution in [-0.2, 0) is 19.0 Å². The van der Waals surface area contributed by atoms with Gasteiger partial charge in [0.1, 0.15) is 19.8 Å². The summed E-state index contributed by atoms with van der Waals surface area (Å²) in [5.41, 5.74) is 3.48. The average Bonchev–Trinajstić information content (AvgIpc) is 3.10. The number of nitrogens with zero attached hydrogens (tertiary/aromatic N) is 3. The Kier molecular flexibility index (Phi) is 16.5. The Hall–Kier alpha value is -2.51. The number of carbonyl (C=O) groups excluding carboxylic acids is 2. The van der Waals surface area contributed by atoms with Crippen molar-refractivity contribution >= 4 is 45.3 Å². The van der Waals surface area contributed by atoms with Crippen LogP contribution in [0.2, 0.25) is 5.02 Å². The molecule has 4 rings (SSSR count). The molecule has 0 bridgehead atoms. The average molecular weight is 704 g/mol. The number of piperazine rings is 1. The van der Waals surface area contributed by atoms with Crippen LogP contribution in [0.25, 0.3) is 0 Å². The first-order valence-electron chi connectivity index (χ1n) is 16.1. The lowest BCUT2D eigenvalue weighted by molar-refractivity contribution is -0.148. The second-order valence-corrected chi connectivity index (χ2v) is 14.5. The minimum absolute atomic E-state index is 0.0550. The van der Waals surface area contributed by atoms with E-state index in [0.717, 1.165) is 56.2 Å². The van der Waals surface area contributed by atoms with E-state index >= 15 is 0 Å². The molecule has 1 N–H and O–H groups in total. The summed E-state index contributed by atoms with van der Waals surface area (Å²) in [4.78, 5) is 30.5. The van der Waals surface area contributed by atoms with Gasteiger partial charge in [0, 0.05) is 56.3 Å². The zero-order valence-electron chi connectivity index (χ0n) is 27.0. The quantitative estimate of drug-likeness (QED) is 0.113. The number of ether oxygens (including phenoxy) is 3. The van der Waals surface area contributed by atoms with Crippen molar-refractivity contribution in [2.45, 2.75) is 25.0 Å². The molecule has 2 aromatic rings. The van der Waals surface area contributed by atoms with Crippen LogP contribution in [0.3, 0.4) is 0 Å². The molecular formula is C35H46ClN3O6S2. The molecule has 2 atom stereocenters. The van der Waals surface area contributed by atoms with E-state index in [0.29, 0.717) is 24.7 Å². The fourth-order valence-electron chi connectivity index (χ4n) is 5.48. The highest BCUT2D eigenvalue weighted by Gasteiger charge is 2.28. The van der Waals surface area contributed by atoms with Gasteiger partial charge in [0.15, 0.2) is 0 Å². The molecule has 1 aliphatic heterocycles. The molecule has 1 heterocycles. The van der Waals surface area contributed by atoms with E-state index in [4.69, 9.17) is 25.8 Å². The first-order chi connectivity index (χ1) is 22.9. The Balaban J connectivity index is 0.999. The number of hydrogen-bond donors (Lipinski definition) is 1. The molecule has 1 amide bonds. The number of carbonyl (C=O) groups is 2. The van der Waals surface area contributed by atoms with Gasteiger partial charge in [0.2, 0.25) is 0 Å². The highest BCUT2D eigenvalue weighted by atomic mass is 35.5. The van der Waals surface area contributed by atoms with Crippen molar-refractivity contribution in [2.24, 2.45) is 0 Å². The maximum Gasteiger partial charge on any atom is 0.409 e. The van der Waals surface area contributed by atoms with E-state index in [1.807, 2.05) is 42.5 Å². The lowest BCUT2D eigenvalue weighted by Gasteiger charge is -2.40. The van der Waals surface area contributed by atoms with E-state index in [1.165, 1.54) is 16.0 Å². The van der Waals surface area contributed by atoms with Crippen LogP contribution in [-0.4, -0.2) is 116 Å². The zero-order valence-corrected chi connectivity index (χ0v) is 29.4. The van der Waals surface area contributed by atoms with Crippen LogP contribution in [0.1, 0.15) is 36.1 Å². The van der Waals surface area contributed by atoms with Crippen LogP contribution in [0.5, 0.6) is 0 Å². The van der Waals surface area contributed by atoms with E-state index in [2.05, 4.69) is 40.2 Å². The first kappa shape index (κ1) is 37.3. The topological polar surface area (TPSA) is 91.8 Å². The summed E-state index contributed by atoms with van der Waals surface area (Å²) in [6.07, 6.45) is 7.56. The van der Waals surface area contributed by atoms with Crippen molar-refractivity contribution in [1.29, 1.82) is 0 Å². The Morgan fingerprint density at radius 3 is 2.32 bits per heavy atom. The fourth-order valence-corrected chi connectivity index (χ4v) is 7.26. The molecule has 0 saturated carbocycles. The molecule has 47 heavy (non-hydrogen) atoms. The van der Waals surface area contributed by atoms with Crippen molar-refractivity contribution in [3.63, 3.8) is 0 Å². The summed E-state index contributed by atoms with van der Waals surface area (Å²) in [6.45, 7) is 5.72. The molecule has 2 aliphatic rings. The van der Waals surface area contributed by atoms with Crippen molar-refractivity contribution in [3.05, 3.63) is 94.5 Å². The third-order valence-corrected chi connectivity index (χ3v) is 10.6. The molecule has 0 spiro atoms. The Morgan fingerprint density at radius 2 is 1.64 bits per heavy atom. The molecule has 1 aliphatic carbocycles. The number of rotatable bonds is 18. The Morgan fingerprint density at radius 1 is 0.936 bits per heavy atom. The second-order valence-electron chi connectivity index (χ2n) is 11.4. The molecule has 0 aromatic heterocycles. The predicted octanol–water partition coefficient (Wildman–Crippen LogP) is 6.02. The molecule has 256 valence electrons. The number of benzene rings is 2. The van der Waals surface area contributed by atoms with Crippen molar-refractivity contribution in [3.8, 4) is 0 Å². The van der Waals surface area contributed by atoms with Crippen LogP contribution in [0.4, 0.5) is 4.79 Å². The Labute approximate surface area is 291 Å². The third kappa shape index (κ3) is 13.1. The van der Waals surface area contributed by atoms with E-state index < -0.39 is 12.2 Å². The van der Waals surface area contributed by atoms with Crippen molar-refractivity contribution in [2.75, 3.05) is 84.2 Å². The second kappa shape index (κ2) is 20.8. The number of aliphatic hydroxyl groups excluding tert-OH is 1. The number of amides is 1. The SMILES string of the molecule is CN(C[C@@H](O)c1ccccc1)C(=O)OCCSSCCOC(=O)COCCN1CCN(C(C2=CC=CCC2)c2ccc(Cl)cc2)CC1. The van der Waals surface area contributed by atoms with Gasteiger partial charge in [-0.25, -0.2) is 9.59 Å². The molecule has 2 aromatic carbocycles. The van der Waals surface area contributed by atoms with Gasteiger partial charge in [-0.2, -0.15) is 0 Å². The maximum absolute atomic E-state index is 12.2. The number of likely N-dealkylation sites (N-methyl/N-ethyl adjacent to an activating group) is 1. The van der Waals surface area contributed by atoms with E-state index in [-0.39, 0.29) is 31.8 Å². The standard InChI is InChI=1S/C35H46ClN3O6S2/c1-37(26-32(40)28-8-4-2-5-9-28)35(42)45-23-25-47-46-24-22-44-33(41)27-43-21-20-38-16-18-39(19-17-38)34(29-10-6-3-7-11-29)30-12-14-31(36)15-13-30/h2-6,8-10,12-15,32,34,40H,7,11,16-27H2,1H3/t32-,34?/m1/s1. The van der Waals surface area contributed by atoms with Gasteiger partial charge in [0.05, 0.1) is 25.3 Å². The summed E-state index contributed by atoms with van der Waals surface area (Å²) in [5.74, 6) is 0.867. The minimum atomic E-state index is -0.768. The smallest absolute Gasteiger partial charge is 0.409 e. The molecule has 1 saturated heterocycles. The summed E-state index contributed by atoms with van der Waals surface area (Å²) in [5, 5.41) is 11.0. The molecule has 1 fully saturated rings. The van der Waals surface area contributed by atoms with Gasteiger partial charge in [-0.3, -0.25) is 9.80 Å². The lowest BCUT2D eigenvalue weighted by Crippen LogP contribution is -2.48. The molecule has 1 unspecified atom stereocenters. The van der Waals surface area contributed by atoms with Crippen molar-refractivity contribution in [1.82, 2.24) is 14.7 Å². The number of aliphatic hydroxyl groups is 1. The minimum Gasteiger partial charge on any atom is -0.463 e. The van der Waals surface area contributed by atoms with Gasteiger partial charge >= 0.3 is 12.1 Å². The predicted molar refractivity (Wildman–Crippen MR) is 191 cm³/mol. The number of esters is 1. The molecular weight excluding hydrogens is 658 g/mol. The summed E-state index contributed by atoms with van der Waals surface area (Å²) < 4.78 is 16.2. The first-order valence-corrected chi connectivity index (χ1v) is 18.9. The molecule has 0 radical (unpaired) electrons. The normalized spacial score (nSPS) is 16.7. The van der Waals surface area contributed by atoms with E-state index in [1.54, 1.807) is 28.6 Å². The third-order valence-electron chi connectivity index (χ3n) is 7.97. The number of allylic oxidation sites excluding steroid dienone is 3. The Bertz CT molecular complexity index is 1290. The summed E-state index contributed by atoms with van der Waals surface area (Å²) in [7, 11) is 4.70. The number of halogens is 1. The van der Waals surface area contributed by atoms with Crippen LogP contribution >= 0.6 is 33.2 Å². The zero-order chi connectivity index (χ0) is 33.3. The summed E-state index contributed by atoms with van der Waals surface area (Å²) >= 11 is 6.17. The number of hydrogen-bond acceptors (Lipinski definition) is 10. The summed E-state index contributed by atoms with van der Waals surface area (Å²) in [6, 6.07) is 17.7. The van der Waals surface area contributed by atoms with Crippen molar-refractivity contribution < 1.29 is 28.9 Å². The van der Waals surface area contributed by atoms with Gasteiger partial charge < -0.3 is 24.2 Å². The monoisotopic (exact) mass is 703 g/mol. The van der Waals surface area contributed by atoms with Gasteiger partial charge in [-0.05, 0) is 41.7 Å². The largest absolute Gasteiger partial charge is 0.463 e. The van der Waals surface area contributed by atoms with E-state index in [9.17, 15) is 14.7 Å². The van der Waals surface area contributed by atoms with Crippen LogP contribution < -0.4 is 0 Å². The fraction of sp³-hybridized carbons (Fsp3) is 0.486. The maximum atomic E-state index is 12.2. The molecule has 9 nitrogen and oxygen atoms in total. The van der Waals surface area contributed by atoms with Crippen LogP contribution in [0, 0.1) is 0 Å². The van der Waals surface area contributed by atoms with Gasteiger partial charge in [-0.15, -0.1) is 0 Å².